The van der Waals surface area contributed by atoms with E-state index in [9.17, 15) is 4.79 Å². The Labute approximate surface area is 117 Å². The fourth-order valence-corrected chi connectivity index (χ4v) is 3.66. The Morgan fingerprint density at radius 3 is 3.05 bits per heavy atom. The van der Waals surface area contributed by atoms with E-state index >= 15 is 0 Å². The molecule has 0 aromatic carbocycles. The molecule has 2 bridgehead atoms. The van der Waals surface area contributed by atoms with Crippen LogP contribution >= 0.6 is 0 Å². The molecular formula is C15H18N4O. The highest BCUT2D eigenvalue weighted by Gasteiger charge is 2.32. The van der Waals surface area contributed by atoms with Crippen LogP contribution in [0.15, 0.2) is 29.3 Å². The Hall–Kier alpha value is -1.88. The minimum Gasteiger partial charge on any atom is -0.316 e. The van der Waals surface area contributed by atoms with Crippen molar-refractivity contribution >= 4 is 0 Å². The summed E-state index contributed by atoms with van der Waals surface area (Å²) in [4.78, 5) is 12.2. The number of nitrogens with one attached hydrogen (secondary N) is 1. The molecule has 104 valence electrons. The number of nitrogens with zero attached hydrogens (tertiary/aromatic N) is 3. The monoisotopic (exact) mass is 270 g/mol. The zero-order valence-electron chi connectivity index (χ0n) is 11.5. The van der Waals surface area contributed by atoms with Gasteiger partial charge in [-0.15, -0.1) is 0 Å². The second kappa shape index (κ2) is 4.31. The van der Waals surface area contributed by atoms with Gasteiger partial charge in [0.25, 0.3) is 5.56 Å². The standard InChI is InChI=1S/C15H18N4O/c1-18-9-12(7-17-18)13-2-3-14(20)19-8-10-4-11(15(13)19)6-16-5-10/h2-3,7,9-11,16H,4-6,8H2,1H3. The van der Waals surface area contributed by atoms with Crippen molar-refractivity contribution in [1.29, 1.82) is 0 Å². The summed E-state index contributed by atoms with van der Waals surface area (Å²) in [6.45, 7) is 2.83. The summed E-state index contributed by atoms with van der Waals surface area (Å²) in [6, 6.07) is 3.65. The zero-order valence-corrected chi connectivity index (χ0v) is 11.5. The van der Waals surface area contributed by atoms with E-state index in [1.165, 1.54) is 12.1 Å². The van der Waals surface area contributed by atoms with Gasteiger partial charge < -0.3 is 9.88 Å². The summed E-state index contributed by atoms with van der Waals surface area (Å²) in [5.41, 5.74) is 3.57. The zero-order chi connectivity index (χ0) is 13.7. The molecule has 20 heavy (non-hydrogen) atoms. The largest absolute Gasteiger partial charge is 0.316 e. The Morgan fingerprint density at radius 2 is 2.25 bits per heavy atom. The van der Waals surface area contributed by atoms with Gasteiger partial charge in [0.2, 0.25) is 0 Å². The molecule has 2 unspecified atom stereocenters. The van der Waals surface area contributed by atoms with Crippen molar-refractivity contribution < 1.29 is 0 Å². The average molecular weight is 270 g/mol. The van der Waals surface area contributed by atoms with Crippen molar-refractivity contribution in [3.63, 3.8) is 0 Å². The minimum atomic E-state index is 0.129. The van der Waals surface area contributed by atoms with E-state index in [0.717, 1.165) is 30.8 Å². The Kier molecular flexibility index (Phi) is 2.57. The molecule has 2 atom stereocenters. The smallest absolute Gasteiger partial charge is 0.250 e. The van der Waals surface area contributed by atoms with Gasteiger partial charge in [0.15, 0.2) is 0 Å². The first kappa shape index (κ1) is 11.9. The molecule has 0 spiro atoms. The number of aromatic nitrogens is 3. The summed E-state index contributed by atoms with van der Waals surface area (Å²) in [7, 11) is 1.92. The van der Waals surface area contributed by atoms with Crippen LogP contribution in [0.4, 0.5) is 0 Å². The first-order valence-corrected chi connectivity index (χ1v) is 7.16. The lowest BCUT2D eigenvalue weighted by atomic mass is 9.82. The lowest BCUT2D eigenvalue weighted by molar-refractivity contribution is 0.258. The van der Waals surface area contributed by atoms with Crippen molar-refractivity contribution in [2.24, 2.45) is 13.0 Å². The summed E-state index contributed by atoms with van der Waals surface area (Å²) in [6.07, 6.45) is 5.08. The number of pyridine rings is 1. The quantitative estimate of drug-likeness (QED) is 0.839. The van der Waals surface area contributed by atoms with Gasteiger partial charge in [-0.25, -0.2) is 0 Å². The van der Waals surface area contributed by atoms with Crippen LogP contribution in [0, 0.1) is 5.92 Å². The molecule has 2 aromatic heterocycles. The Balaban J connectivity index is 1.94. The maximum atomic E-state index is 12.2. The molecule has 2 aliphatic heterocycles. The molecular weight excluding hydrogens is 252 g/mol. The molecule has 2 aromatic rings. The first-order valence-electron chi connectivity index (χ1n) is 7.16. The van der Waals surface area contributed by atoms with Crippen molar-refractivity contribution in [3.05, 3.63) is 40.6 Å². The summed E-state index contributed by atoms with van der Waals surface area (Å²) < 4.78 is 3.80. The highest BCUT2D eigenvalue weighted by atomic mass is 16.1. The van der Waals surface area contributed by atoms with Crippen LogP contribution < -0.4 is 10.9 Å². The van der Waals surface area contributed by atoms with Gasteiger partial charge in [0, 0.05) is 55.1 Å². The van der Waals surface area contributed by atoms with Gasteiger partial charge in [-0.3, -0.25) is 9.48 Å². The molecule has 0 radical (unpaired) electrons. The number of rotatable bonds is 1. The van der Waals surface area contributed by atoms with Crippen molar-refractivity contribution in [3.8, 4) is 11.1 Å². The van der Waals surface area contributed by atoms with Gasteiger partial charge in [0.05, 0.1) is 6.20 Å². The fraction of sp³-hybridized carbons (Fsp3) is 0.467. The lowest BCUT2D eigenvalue weighted by Gasteiger charge is -2.38. The van der Waals surface area contributed by atoms with E-state index in [0.29, 0.717) is 11.8 Å². The third-order valence-corrected chi connectivity index (χ3v) is 4.51. The highest BCUT2D eigenvalue weighted by Crippen LogP contribution is 2.37. The van der Waals surface area contributed by atoms with E-state index < -0.39 is 0 Å². The van der Waals surface area contributed by atoms with Crippen molar-refractivity contribution in [2.45, 2.75) is 18.9 Å². The molecule has 0 amide bonds. The van der Waals surface area contributed by atoms with Crippen LogP contribution in [-0.2, 0) is 13.6 Å². The molecule has 2 aliphatic rings. The van der Waals surface area contributed by atoms with Crippen LogP contribution in [0.2, 0.25) is 0 Å². The van der Waals surface area contributed by atoms with Crippen LogP contribution in [0.3, 0.4) is 0 Å². The molecule has 0 saturated carbocycles. The maximum absolute atomic E-state index is 12.2. The number of hydrogen-bond acceptors (Lipinski definition) is 3. The van der Waals surface area contributed by atoms with Crippen LogP contribution in [-0.4, -0.2) is 27.4 Å². The van der Waals surface area contributed by atoms with Crippen LogP contribution in [0.25, 0.3) is 11.1 Å². The van der Waals surface area contributed by atoms with E-state index in [2.05, 4.69) is 10.4 Å². The average Bonchev–Trinajstić information content (AvgIpc) is 2.87. The van der Waals surface area contributed by atoms with Gasteiger partial charge in [-0.1, -0.05) is 0 Å². The second-order valence-corrected chi connectivity index (χ2v) is 5.94. The number of piperidine rings is 1. The predicted octanol–water partition coefficient (Wildman–Crippen LogP) is 0.955. The van der Waals surface area contributed by atoms with Gasteiger partial charge >= 0.3 is 0 Å². The minimum absolute atomic E-state index is 0.129. The topological polar surface area (TPSA) is 51.9 Å². The van der Waals surface area contributed by atoms with Gasteiger partial charge in [-0.05, 0) is 24.9 Å². The third kappa shape index (κ3) is 1.73. The normalized spacial score (nSPS) is 24.4. The maximum Gasteiger partial charge on any atom is 0.250 e. The van der Waals surface area contributed by atoms with E-state index in [1.807, 2.05) is 34.8 Å². The van der Waals surface area contributed by atoms with Crippen molar-refractivity contribution in [2.75, 3.05) is 13.1 Å². The molecule has 5 nitrogen and oxygen atoms in total. The molecule has 1 saturated heterocycles. The van der Waals surface area contributed by atoms with Gasteiger partial charge in [-0.2, -0.15) is 5.10 Å². The number of fused-ring (bicyclic) bond motifs is 4. The summed E-state index contributed by atoms with van der Waals surface area (Å²) in [5, 5.41) is 7.75. The summed E-state index contributed by atoms with van der Waals surface area (Å²) >= 11 is 0. The first-order chi connectivity index (χ1) is 9.72. The van der Waals surface area contributed by atoms with E-state index in [-0.39, 0.29) is 5.56 Å². The van der Waals surface area contributed by atoms with E-state index in [1.54, 1.807) is 6.07 Å². The second-order valence-electron chi connectivity index (χ2n) is 5.94. The van der Waals surface area contributed by atoms with E-state index in [4.69, 9.17) is 0 Å². The highest BCUT2D eigenvalue weighted by molar-refractivity contribution is 5.65. The molecule has 4 rings (SSSR count). The van der Waals surface area contributed by atoms with Gasteiger partial charge in [0.1, 0.15) is 0 Å². The van der Waals surface area contributed by atoms with Crippen LogP contribution in [0.1, 0.15) is 18.0 Å². The Morgan fingerprint density at radius 1 is 1.35 bits per heavy atom. The number of aryl methyl sites for hydroxylation is 1. The molecule has 4 heterocycles. The Bertz CT molecular complexity index is 715. The molecule has 1 N–H and O–H groups in total. The lowest BCUT2D eigenvalue weighted by Crippen LogP contribution is -2.45. The fourth-order valence-electron chi connectivity index (χ4n) is 3.66. The molecule has 5 heteroatoms. The summed E-state index contributed by atoms with van der Waals surface area (Å²) in [5.74, 6) is 1.02. The van der Waals surface area contributed by atoms with Crippen molar-refractivity contribution in [1.82, 2.24) is 19.7 Å². The van der Waals surface area contributed by atoms with Crippen LogP contribution in [0.5, 0.6) is 0 Å². The third-order valence-electron chi connectivity index (χ3n) is 4.51. The molecule has 1 fully saturated rings. The SMILES string of the molecule is Cn1cc(-c2ccc(=O)n3c2C2CNCC(C2)C3)cn1. The molecule has 0 aliphatic carbocycles. The predicted molar refractivity (Wildman–Crippen MR) is 76.6 cm³/mol. The number of hydrogen-bond donors (Lipinski definition) is 1.